The Kier molecular flexibility index (Phi) is 2.57. The minimum Gasteiger partial charge on any atom is -0.385 e. The Morgan fingerprint density at radius 2 is 2.00 bits per heavy atom. The van der Waals surface area contributed by atoms with E-state index in [9.17, 15) is 5.11 Å². The van der Waals surface area contributed by atoms with Gasteiger partial charge in [-0.2, -0.15) is 0 Å². The summed E-state index contributed by atoms with van der Waals surface area (Å²) >= 11 is 0. The lowest BCUT2D eigenvalue weighted by atomic mass is 9.86. The van der Waals surface area contributed by atoms with Crippen molar-refractivity contribution in [2.75, 3.05) is 13.2 Å². The summed E-state index contributed by atoms with van der Waals surface area (Å²) in [7, 11) is 0. The SMILES string of the molecule is Cc1cccc(C2(O)CCOCC2)c1. The first-order valence-corrected chi connectivity index (χ1v) is 5.08. The van der Waals surface area contributed by atoms with Crippen LogP contribution in [0.3, 0.4) is 0 Å². The molecule has 2 heteroatoms. The van der Waals surface area contributed by atoms with Crippen LogP contribution in [0.15, 0.2) is 24.3 Å². The molecule has 0 saturated carbocycles. The van der Waals surface area contributed by atoms with E-state index in [4.69, 9.17) is 4.74 Å². The van der Waals surface area contributed by atoms with Crippen LogP contribution in [0.4, 0.5) is 0 Å². The van der Waals surface area contributed by atoms with Gasteiger partial charge in [0, 0.05) is 26.1 Å². The Labute approximate surface area is 84.5 Å². The van der Waals surface area contributed by atoms with Gasteiger partial charge in [0.2, 0.25) is 0 Å². The second kappa shape index (κ2) is 3.71. The fourth-order valence-electron chi connectivity index (χ4n) is 1.93. The van der Waals surface area contributed by atoms with Crippen LogP contribution in [0.2, 0.25) is 0 Å². The molecule has 0 spiro atoms. The van der Waals surface area contributed by atoms with Crippen molar-refractivity contribution in [2.24, 2.45) is 0 Å². The fraction of sp³-hybridized carbons (Fsp3) is 0.500. The van der Waals surface area contributed by atoms with E-state index in [1.807, 2.05) is 25.1 Å². The summed E-state index contributed by atoms with van der Waals surface area (Å²) in [5, 5.41) is 10.4. The second-order valence-corrected chi connectivity index (χ2v) is 4.01. The molecule has 1 aliphatic heterocycles. The summed E-state index contributed by atoms with van der Waals surface area (Å²) in [6.45, 7) is 3.36. The molecule has 2 nitrogen and oxygen atoms in total. The smallest absolute Gasteiger partial charge is 0.0940 e. The standard InChI is InChI=1S/C12H16O2/c1-10-3-2-4-11(9-10)12(13)5-7-14-8-6-12/h2-4,9,13H,5-8H2,1H3. The molecule has 1 saturated heterocycles. The molecule has 1 heterocycles. The largest absolute Gasteiger partial charge is 0.385 e. The number of ether oxygens (including phenoxy) is 1. The van der Waals surface area contributed by atoms with Crippen molar-refractivity contribution >= 4 is 0 Å². The van der Waals surface area contributed by atoms with E-state index in [-0.39, 0.29) is 0 Å². The van der Waals surface area contributed by atoms with E-state index in [0.717, 1.165) is 5.56 Å². The minimum atomic E-state index is -0.662. The molecule has 0 amide bonds. The van der Waals surface area contributed by atoms with E-state index in [1.54, 1.807) is 0 Å². The van der Waals surface area contributed by atoms with Crippen LogP contribution < -0.4 is 0 Å². The Hall–Kier alpha value is -0.860. The first-order chi connectivity index (χ1) is 6.71. The quantitative estimate of drug-likeness (QED) is 0.737. The molecule has 1 aliphatic rings. The highest BCUT2D eigenvalue weighted by molar-refractivity contribution is 5.27. The predicted molar refractivity (Wildman–Crippen MR) is 55.1 cm³/mol. The maximum atomic E-state index is 10.4. The van der Waals surface area contributed by atoms with Crippen molar-refractivity contribution in [3.8, 4) is 0 Å². The Balaban J connectivity index is 2.28. The molecule has 1 N–H and O–H groups in total. The second-order valence-electron chi connectivity index (χ2n) is 4.01. The molecular weight excluding hydrogens is 176 g/mol. The molecule has 2 rings (SSSR count). The molecule has 14 heavy (non-hydrogen) atoms. The van der Waals surface area contributed by atoms with Crippen LogP contribution in [0.5, 0.6) is 0 Å². The van der Waals surface area contributed by atoms with Crippen LogP contribution in [0, 0.1) is 6.92 Å². The predicted octanol–water partition coefficient (Wildman–Crippen LogP) is 1.99. The maximum Gasteiger partial charge on any atom is 0.0940 e. The van der Waals surface area contributed by atoms with Crippen molar-refractivity contribution in [1.82, 2.24) is 0 Å². The monoisotopic (exact) mass is 192 g/mol. The molecule has 1 fully saturated rings. The molecule has 0 radical (unpaired) electrons. The van der Waals surface area contributed by atoms with E-state index in [2.05, 4.69) is 6.07 Å². The number of hydrogen-bond acceptors (Lipinski definition) is 2. The van der Waals surface area contributed by atoms with Gasteiger partial charge in [-0.25, -0.2) is 0 Å². The summed E-state index contributed by atoms with van der Waals surface area (Å²) in [5.74, 6) is 0. The number of rotatable bonds is 1. The van der Waals surface area contributed by atoms with Crippen LogP contribution in [-0.4, -0.2) is 18.3 Å². The third kappa shape index (κ3) is 1.81. The van der Waals surface area contributed by atoms with Crippen LogP contribution in [0.1, 0.15) is 24.0 Å². The normalized spacial score (nSPS) is 20.7. The van der Waals surface area contributed by atoms with E-state index >= 15 is 0 Å². The Morgan fingerprint density at radius 3 is 2.64 bits per heavy atom. The van der Waals surface area contributed by atoms with E-state index in [1.165, 1.54) is 5.56 Å². The third-order valence-corrected chi connectivity index (χ3v) is 2.88. The zero-order valence-electron chi connectivity index (χ0n) is 8.49. The van der Waals surface area contributed by atoms with Crippen LogP contribution in [-0.2, 0) is 10.3 Å². The van der Waals surface area contributed by atoms with Gasteiger partial charge in [0.05, 0.1) is 5.60 Å². The molecule has 0 bridgehead atoms. The van der Waals surface area contributed by atoms with Gasteiger partial charge in [-0.05, 0) is 12.5 Å². The molecule has 1 aromatic carbocycles. The number of aliphatic hydroxyl groups is 1. The van der Waals surface area contributed by atoms with Crippen LogP contribution in [0.25, 0.3) is 0 Å². The van der Waals surface area contributed by atoms with Gasteiger partial charge in [-0.15, -0.1) is 0 Å². The zero-order valence-corrected chi connectivity index (χ0v) is 8.49. The highest BCUT2D eigenvalue weighted by Crippen LogP contribution is 2.31. The third-order valence-electron chi connectivity index (χ3n) is 2.88. The average molecular weight is 192 g/mol. The zero-order chi connectivity index (χ0) is 10.0. The average Bonchev–Trinajstić information content (AvgIpc) is 2.19. The topological polar surface area (TPSA) is 29.5 Å². The number of benzene rings is 1. The van der Waals surface area contributed by atoms with Crippen molar-refractivity contribution in [3.63, 3.8) is 0 Å². The van der Waals surface area contributed by atoms with Gasteiger partial charge >= 0.3 is 0 Å². The van der Waals surface area contributed by atoms with E-state index in [0.29, 0.717) is 26.1 Å². The molecule has 0 atom stereocenters. The van der Waals surface area contributed by atoms with Gasteiger partial charge in [-0.1, -0.05) is 29.8 Å². The van der Waals surface area contributed by atoms with Crippen molar-refractivity contribution in [3.05, 3.63) is 35.4 Å². The highest BCUT2D eigenvalue weighted by atomic mass is 16.5. The van der Waals surface area contributed by atoms with Gasteiger partial charge in [0.15, 0.2) is 0 Å². The lowest BCUT2D eigenvalue weighted by Gasteiger charge is -2.32. The van der Waals surface area contributed by atoms with Gasteiger partial charge in [0.1, 0.15) is 0 Å². The van der Waals surface area contributed by atoms with Gasteiger partial charge < -0.3 is 9.84 Å². The summed E-state index contributed by atoms with van der Waals surface area (Å²) in [4.78, 5) is 0. The molecule has 0 aromatic heterocycles. The van der Waals surface area contributed by atoms with Crippen molar-refractivity contribution in [1.29, 1.82) is 0 Å². The Morgan fingerprint density at radius 1 is 1.29 bits per heavy atom. The molecule has 0 aliphatic carbocycles. The van der Waals surface area contributed by atoms with Gasteiger partial charge in [-0.3, -0.25) is 0 Å². The number of aryl methyl sites for hydroxylation is 1. The van der Waals surface area contributed by atoms with Crippen molar-refractivity contribution in [2.45, 2.75) is 25.4 Å². The lowest BCUT2D eigenvalue weighted by molar-refractivity contribution is -0.0679. The van der Waals surface area contributed by atoms with Gasteiger partial charge in [0.25, 0.3) is 0 Å². The first-order valence-electron chi connectivity index (χ1n) is 5.08. The summed E-state index contributed by atoms with van der Waals surface area (Å²) in [5.41, 5.74) is 1.56. The Bertz CT molecular complexity index is 314. The minimum absolute atomic E-state index is 0.657. The summed E-state index contributed by atoms with van der Waals surface area (Å²) < 4.78 is 5.26. The maximum absolute atomic E-state index is 10.4. The molecule has 0 unspecified atom stereocenters. The summed E-state index contributed by atoms with van der Waals surface area (Å²) in [6, 6.07) is 8.11. The van der Waals surface area contributed by atoms with Crippen LogP contribution >= 0.6 is 0 Å². The van der Waals surface area contributed by atoms with E-state index < -0.39 is 5.60 Å². The first kappa shape index (κ1) is 9.69. The number of hydrogen-bond donors (Lipinski definition) is 1. The molecular formula is C12H16O2. The summed E-state index contributed by atoms with van der Waals surface area (Å²) in [6.07, 6.45) is 1.41. The molecule has 1 aromatic rings. The van der Waals surface area contributed by atoms with Crippen molar-refractivity contribution < 1.29 is 9.84 Å². The highest BCUT2D eigenvalue weighted by Gasteiger charge is 2.31. The lowest BCUT2D eigenvalue weighted by Crippen LogP contribution is -2.33. The molecule has 76 valence electrons. The fourth-order valence-corrected chi connectivity index (χ4v) is 1.93.